The van der Waals surface area contributed by atoms with Gasteiger partial charge in [-0.1, -0.05) is 17.3 Å². The second-order valence-corrected chi connectivity index (χ2v) is 8.60. The van der Waals surface area contributed by atoms with Crippen LogP contribution >= 0.6 is 0 Å². The van der Waals surface area contributed by atoms with E-state index in [1.54, 1.807) is 38.5 Å². The van der Waals surface area contributed by atoms with Crippen LogP contribution in [0.5, 0.6) is 5.75 Å². The smallest absolute Gasteiger partial charge is 0.253 e. The van der Waals surface area contributed by atoms with Crippen molar-refractivity contribution in [3.8, 4) is 17.1 Å². The fraction of sp³-hybridized carbons (Fsp3) is 0.385. The first-order chi connectivity index (χ1) is 17.6. The number of para-hydroxylation sites is 1. The normalized spacial score (nSPS) is 15.9. The number of hydrogen-bond donors (Lipinski definition) is 2. The molecule has 0 aliphatic carbocycles. The molecule has 4 rings (SSSR count). The van der Waals surface area contributed by atoms with Gasteiger partial charge in [0.1, 0.15) is 5.75 Å². The van der Waals surface area contributed by atoms with Crippen molar-refractivity contribution in [2.75, 3.05) is 45.8 Å². The molecule has 36 heavy (non-hydrogen) atoms. The summed E-state index contributed by atoms with van der Waals surface area (Å²) in [5.41, 5.74) is 1.76. The molecule has 1 aliphatic heterocycles. The SMILES string of the molecule is COCCNC(=O)c1ccccc1NC(=O)C1CCCN(Cc2nc(-c3ccc(OC)cc3)no2)C1. The second kappa shape index (κ2) is 12.3. The van der Waals surface area contributed by atoms with Crippen molar-refractivity contribution in [1.82, 2.24) is 20.4 Å². The number of piperidine rings is 1. The fourth-order valence-corrected chi connectivity index (χ4v) is 4.17. The molecule has 0 spiro atoms. The molecule has 190 valence electrons. The molecule has 10 heteroatoms. The van der Waals surface area contributed by atoms with E-state index in [2.05, 4.69) is 25.7 Å². The topological polar surface area (TPSA) is 119 Å². The van der Waals surface area contributed by atoms with Gasteiger partial charge in [-0.2, -0.15) is 4.98 Å². The summed E-state index contributed by atoms with van der Waals surface area (Å²) in [4.78, 5) is 32.3. The number of likely N-dealkylation sites (tertiary alicyclic amines) is 1. The van der Waals surface area contributed by atoms with E-state index in [1.165, 1.54) is 0 Å². The van der Waals surface area contributed by atoms with Crippen LogP contribution in [0.15, 0.2) is 53.1 Å². The Kier molecular flexibility index (Phi) is 8.64. The third-order valence-corrected chi connectivity index (χ3v) is 6.07. The van der Waals surface area contributed by atoms with Gasteiger partial charge in [-0.25, -0.2) is 0 Å². The molecular weight excluding hydrogens is 462 g/mol. The van der Waals surface area contributed by atoms with E-state index >= 15 is 0 Å². The molecule has 1 aliphatic rings. The van der Waals surface area contributed by atoms with E-state index in [9.17, 15) is 9.59 Å². The van der Waals surface area contributed by atoms with E-state index < -0.39 is 0 Å². The largest absolute Gasteiger partial charge is 0.497 e. The van der Waals surface area contributed by atoms with Crippen molar-refractivity contribution >= 4 is 17.5 Å². The number of carbonyl (C=O) groups excluding carboxylic acids is 2. The van der Waals surface area contributed by atoms with Gasteiger partial charge in [-0.05, 0) is 55.8 Å². The molecule has 2 heterocycles. The van der Waals surface area contributed by atoms with Crippen LogP contribution in [0.1, 0.15) is 29.1 Å². The minimum absolute atomic E-state index is 0.110. The molecule has 1 fully saturated rings. The zero-order valence-electron chi connectivity index (χ0n) is 20.5. The third kappa shape index (κ3) is 6.46. The van der Waals surface area contributed by atoms with Gasteiger partial charge in [0.15, 0.2) is 0 Å². The number of aromatic nitrogens is 2. The van der Waals surface area contributed by atoms with Crippen molar-refractivity contribution in [3.05, 3.63) is 60.0 Å². The summed E-state index contributed by atoms with van der Waals surface area (Å²) < 4.78 is 15.6. The summed E-state index contributed by atoms with van der Waals surface area (Å²) >= 11 is 0. The Bertz CT molecular complexity index is 1160. The first-order valence-electron chi connectivity index (χ1n) is 11.9. The number of rotatable bonds is 10. The number of carbonyl (C=O) groups is 2. The predicted octanol–water partition coefficient (Wildman–Crippen LogP) is 2.97. The zero-order valence-corrected chi connectivity index (χ0v) is 20.5. The zero-order chi connectivity index (χ0) is 25.3. The lowest BCUT2D eigenvalue weighted by molar-refractivity contribution is -0.121. The average Bonchev–Trinajstić information content (AvgIpc) is 3.37. The quantitative estimate of drug-likeness (QED) is 0.414. The Labute approximate surface area is 210 Å². The van der Waals surface area contributed by atoms with Crippen LogP contribution in [0.25, 0.3) is 11.4 Å². The number of ether oxygens (including phenoxy) is 2. The Morgan fingerprint density at radius 3 is 2.72 bits per heavy atom. The fourth-order valence-electron chi connectivity index (χ4n) is 4.17. The van der Waals surface area contributed by atoms with Gasteiger partial charge in [-0.3, -0.25) is 14.5 Å². The van der Waals surface area contributed by atoms with Crippen LogP contribution in [-0.4, -0.2) is 67.3 Å². The van der Waals surface area contributed by atoms with Crippen molar-refractivity contribution < 1.29 is 23.6 Å². The molecule has 1 aromatic heterocycles. The van der Waals surface area contributed by atoms with Crippen molar-refractivity contribution in [1.29, 1.82) is 0 Å². The molecular formula is C26H31N5O5. The predicted molar refractivity (Wildman–Crippen MR) is 134 cm³/mol. The monoisotopic (exact) mass is 493 g/mol. The minimum Gasteiger partial charge on any atom is -0.497 e. The third-order valence-electron chi connectivity index (χ3n) is 6.07. The molecule has 1 unspecified atom stereocenters. The van der Waals surface area contributed by atoms with Crippen LogP contribution in [0.4, 0.5) is 5.69 Å². The standard InChI is InChI=1S/C26H31N5O5/c1-34-15-13-27-26(33)21-7-3-4-8-22(21)28-25(32)19-6-5-14-31(16-19)17-23-29-24(30-36-23)18-9-11-20(35-2)12-10-18/h3-4,7-12,19H,5-6,13-17H2,1-2H3,(H,27,33)(H,28,32). The molecule has 1 atom stereocenters. The number of methoxy groups -OCH3 is 2. The lowest BCUT2D eigenvalue weighted by atomic mass is 9.96. The Balaban J connectivity index is 1.35. The van der Waals surface area contributed by atoms with Crippen molar-refractivity contribution in [3.63, 3.8) is 0 Å². The molecule has 0 saturated carbocycles. The average molecular weight is 494 g/mol. The second-order valence-electron chi connectivity index (χ2n) is 8.60. The Morgan fingerprint density at radius 1 is 1.14 bits per heavy atom. The molecule has 10 nitrogen and oxygen atoms in total. The Hall–Kier alpha value is -3.76. The van der Waals surface area contributed by atoms with Gasteiger partial charge in [0.2, 0.25) is 17.6 Å². The highest BCUT2D eigenvalue weighted by molar-refractivity contribution is 6.04. The molecule has 2 N–H and O–H groups in total. The summed E-state index contributed by atoms with van der Waals surface area (Å²) in [6, 6.07) is 14.5. The van der Waals surface area contributed by atoms with Crippen molar-refractivity contribution in [2.24, 2.45) is 5.92 Å². The summed E-state index contributed by atoms with van der Waals surface area (Å²) in [6.07, 6.45) is 1.64. The van der Waals surface area contributed by atoms with Crippen LogP contribution in [0, 0.1) is 5.92 Å². The van der Waals surface area contributed by atoms with E-state index in [0.717, 1.165) is 30.7 Å². The molecule has 0 radical (unpaired) electrons. The van der Waals surface area contributed by atoms with Gasteiger partial charge in [-0.15, -0.1) is 0 Å². The summed E-state index contributed by atoms with van der Waals surface area (Å²) in [6.45, 7) is 2.67. The van der Waals surface area contributed by atoms with Gasteiger partial charge < -0.3 is 24.6 Å². The Morgan fingerprint density at radius 2 is 1.94 bits per heavy atom. The summed E-state index contributed by atoms with van der Waals surface area (Å²) in [5, 5.41) is 9.84. The highest BCUT2D eigenvalue weighted by Crippen LogP contribution is 2.23. The van der Waals surface area contributed by atoms with Crippen LogP contribution < -0.4 is 15.4 Å². The molecule has 2 amide bonds. The maximum absolute atomic E-state index is 13.1. The number of benzene rings is 2. The number of nitrogens with zero attached hydrogens (tertiary/aromatic N) is 3. The number of hydrogen-bond acceptors (Lipinski definition) is 8. The van der Waals surface area contributed by atoms with E-state index in [-0.39, 0.29) is 17.7 Å². The van der Waals surface area contributed by atoms with Crippen molar-refractivity contribution in [2.45, 2.75) is 19.4 Å². The van der Waals surface area contributed by atoms with Gasteiger partial charge in [0.05, 0.1) is 37.4 Å². The molecule has 1 saturated heterocycles. The minimum atomic E-state index is -0.253. The van der Waals surface area contributed by atoms with E-state index in [0.29, 0.717) is 49.2 Å². The lowest BCUT2D eigenvalue weighted by Gasteiger charge is -2.31. The van der Waals surface area contributed by atoms with Crippen LogP contribution in [0.2, 0.25) is 0 Å². The van der Waals surface area contributed by atoms with E-state index in [1.807, 2.05) is 24.3 Å². The molecule has 2 aromatic carbocycles. The molecule has 3 aromatic rings. The highest BCUT2D eigenvalue weighted by atomic mass is 16.5. The van der Waals surface area contributed by atoms with Crippen LogP contribution in [-0.2, 0) is 16.1 Å². The summed E-state index contributed by atoms with van der Waals surface area (Å²) in [7, 11) is 3.19. The maximum atomic E-state index is 13.1. The maximum Gasteiger partial charge on any atom is 0.253 e. The highest BCUT2D eigenvalue weighted by Gasteiger charge is 2.28. The first-order valence-corrected chi connectivity index (χ1v) is 11.9. The lowest BCUT2D eigenvalue weighted by Crippen LogP contribution is -2.40. The molecule has 0 bridgehead atoms. The summed E-state index contributed by atoms with van der Waals surface area (Å²) in [5.74, 6) is 1.19. The number of nitrogens with one attached hydrogen (secondary N) is 2. The van der Waals surface area contributed by atoms with Crippen LogP contribution in [0.3, 0.4) is 0 Å². The van der Waals surface area contributed by atoms with E-state index in [4.69, 9.17) is 14.0 Å². The van der Waals surface area contributed by atoms with Gasteiger partial charge >= 0.3 is 0 Å². The number of amides is 2. The van der Waals surface area contributed by atoms with Gasteiger partial charge in [0.25, 0.3) is 5.91 Å². The van der Waals surface area contributed by atoms with Gasteiger partial charge in [0, 0.05) is 25.8 Å². The first kappa shape index (κ1) is 25.3. The number of anilines is 1.